The third-order valence-electron chi connectivity index (χ3n) is 6.32. The second-order valence-electron chi connectivity index (χ2n) is 7.91. The maximum absolute atomic E-state index is 13.0. The number of halogens is 3. The van der Waals surface area contributed by atoms with Gasteiger partial charge in [-0.2, -0.15) is 13.2 Å². The summed E-state index contributed by atoms with van der Waals surface area (Å²) in [6.07, 6.45) is -0.444. The SMILES string of the molecule is CCN(CC)CCN(CCC(F)(F)F)C(=O)C1CC2CCCC(C1)C2N. The van der Waals surface area contributed by atoms with E-state index in [4.69, 9.17) is 5.73 Å². The highest BCUT2D eigenvalue weighted by atomic mass is 19.4. The van der Waals surface area contributed by atoms with E-state index in [9.17, 15) is 18.0 Å². The number of carbonyl (C=O) groups excluding carboxylic acids is 1. The van der Waals surface area contributed by atoms with Gasteiger partial charge in [-0.1, -0.05) is 20.3 Å². The summed E-state index contributed by atoms with van der Waals surface area (Å²) in [6.45, 7) is 6.47. The third-order valence-corrected chi connectivity index (χ3v) is 6.32. The van der Waals surface area contributed by atoms with E-state index in [1.807, 2.05) is 13.8 Å². The number of hydrogen-bond acceptors (Lipinski definition) is 3. The van der Waals surface area contributed by atoms with E-state index in [2.05, 4.69) is 4.90 Å². The summed E-state index contributed by atoms with van der Waals surface area (Å²) in [7, 11) is 0. The Balaban J connectivity index is 2.01. The zero-order chi connectivity index (χ0) is 19.3. The van der Waals surface area contributed by atoms with E-state index < -0.39 is 12.6 Å². The van der Waals surface area contributed by atoms with E-state index in [1.54, 1.807) is 0 Å². The van der Waals surface area contributed by atoms with Crippen molar-refractivity contribution in [2.24, 2.45) is 23.5 Å². The number of carbonyl (C=O) groups is 1. The quantitative estimate of drug-likeness (QED) is 0.706. The summed E-state index contributed by atoms with van der Waals surface area (Å²) in [6, 6.07) is 0.159. The molecule has 0 aliphatic heterocycles. The molecule has 2 rings (SSSR count). The van der Waals surface area contributed by atoms with Crippen LogP contribution in [0.4, 0.5) is 13.2 Å². The summed E-state index contributed by atoms with van der Waals surface area (Å²) in [4.78, 5) is 16.6. The van der Waals surface area contributed by atoms with Crippen molar-refractivity contribution in [2.45, 2.75) is 64.6 Å². The van der Waals surface area contributed by atoms with Crippen LogP contribution in [0.15, 0.2) is 0 Å². The molecule has 2 fully saturated rings. The number of likely N-dealkylation sites (N-methyl/N-ethyl adjacent to an activating group) is 1. The van der Waals surface area contributed by atoms with Crippen molar-refractivity contribution < 1.29 is 18.0 Å². The van der Waals surface area contributed by atoms with Crippen molar-refractivity contribution in [1.82, 2.24) is 9.80 Å². The number of alkyl halides is 3. The number of amides is 1. The molecule has 0 spiro atoms. The Kier molecular flexibility index (Phi) is 7.76. The standard InChI is InChI=1S/C19H34F3N3O/c1-3-24(4-2)10-11-25(9-8-19(20,21)22)18(26)16-12-14-6-5-7-15(13-16)17(14)23/h14-17H,3-13,23H2,1-2H3. The first-order valence-electron chi connectivity index (χ1n) is 10.1. The Labute approximate surface area is 155 Å². The normalized spacial score (nSPS) is 29.0. The molecule has 1 amide bonds. The summed E-state index contributed by atoms with van der Waals surface area (Å²) < 4.78 is 38.2. The van der Waals surface area contributed by atoms with Gasteiger partial charge in [0.25, 0.3) is 0 Å². The van der Waals surface area contributed by atoms with Crippen molar-refractivity contribution in [2.75, 3.05) is 32.7 Å². The van der Waals surface area contributed by atoms with E-state index in [-0.39, 0.29) is 24.4 Å². The Hall–Kier alpha value is -0.820. The molecule has 2 saturated carbocycles. The summed E-state index contributed by atoms with van der Waals surface area (Å²) in [5.41, 5.74) is 6.29. The minimum Gasteiger partial charge on any atom is -0.341 e. The fourth-order valence-electron chi connectivity index (χ4n) is 4.64. The number of nitrogens with zero attached hydrogens (tertiary/aromatic N) is 2. The monoisotopic (exact) mass is 377 g/mol. The molecule has 2 unspecified atom stereocenters. The predicted octanol–water partition coefficient (Wildman–Crippen LogP) is 3.26. The van der Waals surface area contributed by atoms with Crippen molar-refractivity contribution in [3.63, 3.8) is 0 Å². The van der Waals surface area contributed by atoms with Crippen LogP contribution in [0.5, 0.6) is 0 Å². The number of rotatable bonds is 8. The van der Waals surface area contributed by atoms with Gasteiger partial charge in [0, 0.05) is 31.6 Å². The second kappa shape index (κ2) is 9.40. The van der Waals surface area contributed by atoms with Crippen LogP contribution >= 0.6 is 0 Å². The fraction of sp³-hybridized carbons (Fsp3) is 0.947. The molecule has 0 radical (unpaired) electrons. The molecule has 2 aliphatic carbocycles. The van der Waals surface area contributed by atoms with Gasteiger partial charge in [-0.15, -0.1) is 0 Å². The van der Waals surface area contributed by atoms with Gasteiger partial charge in [0.1, 0.15) is 0 Å². The van der Waals surface area contributed by atoms with Crippen LogP contribution in [0.25, 0.3) is 0 Å². The molecule has 0 saturated heterocycles. The molecule has 4 nitrogen and oxygen atoms in total. The second-order valence-corrected chi connectivity index (χ2v) is 7.91. The molecule has 2 aliphatic rings. The number of nitrogens with two attached hydrogens (primary N) is 1. The highest BCUT2D eigenvalue weighted by Gasteiger charge is 2.42. The predicted molar refractivity (Wildman–Crippen MR) is 96.6 cm³/mol. The largest absolute Gasteiger partial charge is 0.390 e. The molecule has 0 aromatic carbocycles. The Morgan fingerprint density at radius 3 is 2.12 bits per heavy atom. The smallest absolute Gasteiger partial charge is 0.341 e. The summed E-state index contributed by atoms with van der Waals surface area (Å²) in [5.74, 6) is 0.452. The van der Waals surface area contributed by atoms with Crippen LogP contribution in [0, 0.1) is 17.8 Å². The maximum atomic E-state index is 13.0. The lowest BCUT2D eigenvalue weighted by molar-refractivity contribution is -0.149. The highest BCUT2D eigenvalue weighted by Crippen LogP contribution is 2.42. The van der Waals surface area contributed by atoms with Gasteiger partial charge in [-0.3, -0.25) is 4.79 Å². The topological polar surface area (TPSA) is 49.6 Å². The number of fused-ring (bicyclic) bond motifs is 2. The Morgan fingerprint density at radius 2 is 1.62 bits per heavy atom. The lowest BCUT2D eigenvalue weighted by Gasteiger charge is -2.44. The average Bonchev–Trinajstić information content (AvgIpc) is 2.56. The zero-order valence-corrected chi connectivity index (χ0v) is 16.1. The molecule has 0 aromatic rings. The van der Waals surface area contributed by atoms with Crippen molar-refractivity contribution in [3.05, 3.63) is 0 Å². The van der Waals surface area contributed by atoms with Crippen LogP contribution in [-0.2, 0) is 4.79 Å². The molecular weight excluding hydrogens is 343 g/mol. The van der Waals surface area contributed by atoms with E-state index in [0.29, 0.717) is 24.9 Å². The van der Waals surface area contributed by atoms with Crippen molar-refractivity contribution in [3.8, 4) is 0 Å². The van der Waals surface area contributed by atoms with E-state index >= 15 is 0 Å². The van der Waals surface area contributed by atoms with Gasteiger partial charge in [0.2, 0.25) is 5.91 Å². The molecule has 0 heterocycles. The molecule has 152 valence electrons. The lowest BCUT2D eigenvalue weighted by atomic mass is 9.65. The van der Waals surface area contributed by atoms with Crippen LogP contribution in [0.3, 0.4) is 0 Å². The zero-order valence-electron chi connectivity index (χ0n) is 16.1. The average molecular weight is 377 g/mol. The molecule has 7 heteroatoms. The summed E-state index contributed by atoms with van der Waals surface area (Å²) in [5, 5.41) is 0. The van der Waals surface area contributed by atoms with Crippen LogP contribution in [0.2, 0.25) is 0 Å². The maximum Gasteiger partial charge on any atom is 0.390 e. The molecule has 0 aromatic heterocycles. The van der Waals surface area contributed by atoms with Crippen LogP contribution in [-0.4, -0.2) is 60.6 Å². The van der Waals surface area contributed by atoms with Gasteiger partial charge in [0.15, 0.2) is 0 Å². The Morgan fingerprint density at radius 1 is 1.04 bits per heavy atom. The number of hydrogen-bond donors (Lipinski definition) is 1. The van der Waals surface area contributed by atoms with E-state index in [1.165, 1.54) is 4.90 Å². The lowest BCUT2D eigenvalue weighted by Crippen LogP contribution is -2.50. The van der Waals surface area contributed by atoms with Crippen LogP contribution < -0.4 is 5.73 Å². The minimum absolute atomic E-state index is 0.0924. The first-order valence-corrected chi connectivity index (χ1v) is 10.1. The van der Waals surface area contributed by atoms with Gasteiger partial charge >= 0.3 is 6.18 Å². The molecule has 2 bridgehead atoms. The first-order chi connectivity index (χ1) is 12.2. The van der Waals surface area contributed by atoms with E-state index in [0.717, 1.165) is 45.2 Å². The van der Waals surface area contributed by atoms with Crippen LogP contribution in [0.1, 0.15) is 52.4 Å². The fourth-order valence-corrected chi connectivity index (χ4v) is 4.64. The van der Waals surface area contributed by atoms with Gasteiger partial charge < -0.3 is 15.5 Å². The van der Waals surface area contributed by atoms with Crippen molar-refractivity contribution >= 4 is 5.91 Å². The molecular formula is C19H34F3N3O. The summed E-state index contributed by atoms with van der Waals surface area (Å²) >= 11 is 0. The Bertz CT molecular complexity index is 440. The molecule has 2 atom stereocenters. The van der Waals surface area contributed by atoms with Gasteiger partial charge in [-0.25, -0.2) is 0 Å². The third kappa shape index (κ3) is 5.84. The minimum atomic E-state index is -4.24. The van der Waals surface area contributed by atoms with Gasteiger partial charge in [0.05, 0.1) is 6.42 Å². The molecule has 2 N–H and O–H groups in total. The highest BCUT2D eigenvalue weighted by molar-refractivity contribution is 5.79. The molecule has 26 heavy (non-hydrogen) atoms. The van der Waals surface area contributed by atoms with Crippen molar-refractivity contribution in [1.29, 1.82) is 0 Å². The van der Waals surface area contributed by atoms with Gasteiger partial charge in [-0.05, 0) is 50.6 Å². The first kappa shape index (κ1) is 21.5.